The summed E-state index contributed by atoms with van der Waals surface area (Å²) in [4.78, 5) is 16.7. The molecular weight excluding hydrogens is 400 g/mol. The second-order valence-electron chi connectivity index (χ2n) is 7.70. The van der Waals surface area contributed by atoms with Crippen LogP contribution in [0.2, 0.25) is 0 Å². The highest BCUT2D eigenvalue weighted by Crippen LogP contribution is 2.43. The molecule has 29 heavy (non-hydrogen) atoms. The van der Waals surface area contributed by atoms with Gasteiger partial charge in [-0.15, -0.1) is 21.5 Å². The zero-order chi connectivity index (χ0) is 19.6. The summed E-state index contributed by atoms with van der Waals surface area (Å²) in [5.74, 6) is 1.21. The monoisotopic (exact) mass is 424 g/mol. The summed E-state index contributed by atoms with van der Waals surface area (Å²) in [7, 11) is 0. The Morgan fingerprint density at radius 3 is 2.59 bits per heavy atom. The van der Waals surface area contributed by atoms with E-state index in [4.69, 9.17) is 0 Å². The largest absolute Gasteiger partial charge is 0.341 e. The summed E-state index contributed by atoms with van der Waals surface area (Å²) in [6, 6.07) is 14.8. The lowest BCUT2D eigenvalue weighted by Gasteiger charge is -2.23. The van der Waals surface area contributed by atoms with E-state index < -0.39 is 0 Å². The number of carbonyl (C=O) groups excluding carboxylic acids is 1. The molecule has 2 aliphatic rings. The first kappa shape index (κ1) is 18.9. The van der Waals surface area contributed by atoms with Gasteiger partial charge in [-0.2, -0.15) is 0 Å². The van der Waals surface area contributed by atoms with Gasteiger partial charge in [0.25, 0.3) is 0 Å². The Morgan fingerprint density at radius 2 is 1.90 bits per heavy atom. The number of thiophene rings is 1. The van der Waals surface area contributed by atoms with Gasteiger partial charge in [0.2, 0.25) is 5.91 Å². The van der Waals surface area contributed by atoms with Gasteiger partial charge in [0.15, 0.2) is 5.16 Å². The molecule has 2 aromatic heterocycles. The first-order chi connectivity index (χ1) is 14.3. The van der Waals surface area contributed by atoms with Crippen LogP contribution in [0.3, 0.4) is 0 Å². The molecule has 1 aromatic carbocycles. The Bertz CT molecular complexity index is 960. The van der Waals surface area contributed by atoms with E-state index in [1.165, 1.54) is 17.7 Å². The number of rotatable bonds is 7. The number of likely N-dealkylation sites (tertiary alicyclic amines) is 1. The molecule has 0 N–H and O–H groups in total. The summed E-state index contributed by atoms with van der Waals surface area (Å²) in [6.45, 7) is 1.73. The smallest absolute Gasteiger partial charge is 0.240 e. The van der Waals surface area contributed by atoms with Gasteiger partial charge in [0.1, 0.15) is 11.1 Å². The molecule has 0 bridgehead atoms. The van der Waals surface area contributed by atoms with Gasteiger partial charge in [-0.05, 0) is 42.7 Å². The molecule has 5 rings (SSSR count). The standard InChI is InChI=1S/C22H24N4OS2/c27-21(25-12-4-5-13-25)20(16-7-2-1-3-8-16)29-22-24-23-19(26(22)17-10-11-17)15-18-9-6-14-28-18/h1-3,6-9,14,17,20H,4-5,10-13,15H2/t20-/m0/s1. The van der Waals surface area contributed by atoms with Crippen molar-refractivity contribution in [1.29, 1.82) is 0 Å². The van der Waals surface area contributed by atoms with Crippen molar-refractivity contribution in [3.05, 3.63) is 64.1 Å². The van der Waals surface area contributed by atoms with E-state index in [-0.39, 0.29) is 11.2 Å². The minimum absolute atomic E-state index is 0.198. The van der Waals surface area contributed by atoms with Crippen LogP contribution in [0.1, 0.15) is 53.2 Å². The van der Waals surface area contributed by atoms with E-state index in [0.717, 1.165) is 48.9 Å². The maximum atomic E-state index is 13.4. The topological polar surface area (TPSA) is 51.0 Å². The van der Waals surface area contributed by atoms with Gasteiger partial charge in [-0.25, -0.2) is 0 Å². The number of benzene rings is 1. The first-order valence-electron chi connectivity index (χ1n) is 10.3. The normalized spacial score (nSPS) is 17.6. The van der Waals surface area contributed by atoms with Crippen LogP contribution >= 0.6 is 23.1 Å². The number of aromatic nitrogens is 3. The maximum Gasteiger partial charge on any atom is 0.240 e. The highest BCUT2D eigenvalue weighted by atomic mass is 32.2. The number of hydrogen-bond donors (Lipinski definition) is 0. The lowest BCUT2D eigenvalue weighted by molar-refractivity contribution is -0.129. The van der Waals surface area contributed by atoms with Crippen molar-refractivity contribution in [3.63, 3.8) is 0 Å². The van der Waals surface area contributed by atoms with Gasteiger partial charge < -0.3 is 9.47 Å². The van der Waals surface area contributed by atoms with Crippen LogP contribution in [-0.4, -0.2) is 38.7 Å². The summed E-state index contributed by atoms with van der Waals surface area (Å²) < 4.78 is 2.29. The van der Waals surface area contributed by atoms with Crippen molar-refractivity contribution in [2.75, 3.05) is 13.1 Å². The van der Waals surface area contributed by atoms with Crippen molar-refractivity contribution >= 4 is 29.0 Å². The van der Waals surface area contributed by atoms with Crippen molar-refractivity contribution in [2.24, 2.45) is 0 Å². The van der Waals surface area contributed by atoms with Crippen LogP contribution in [0.15, 0.2) is 53.0 Å². The summed E-state index contributed by atoms with van der Waals surface area (Å²) >= 11 is 3.32. The Balaban J connectivity index is 1.45. The lowest BCUT2D eigenvalue weighted by Crippen LogP contribution is -2.31. The molecule has 5 nitrogen and oxygen atoms in total. The molecule has 1 aliphatic heterocycles. The number of hydrogen-bond acceptors (Lipinski definition) is 5. The maximum absolute atomic E-state index is 13.4. The molecule has 3 aromatic rings. The Morgan fingerprint density at radius 1 is 1.10 bits per heavy atom. The van der Waals surface area contributed by atoms with Crippen molar-refractivity contribution in [1.82, 2.24) is 19.7 Å². The van der Waals surface area contributed by atoms with Gasteiger partial charge in [-0.3, -0.25) is 4.79 Å². The average molecular weight is 425 g/mol. The van der Waals surface area contributed by atoms with E-state index >= 15 is 0 Å². The molecule has 0 unspecified atom stereocenters. The predicted molar refractivity (Wildman–Crippen MR) is 116 cm³/mol. The Kier molecular flexibility index (Phi) is 5.42. The van der Waals surface area contributed by atoms with E-state index in [2.05, 4.69) is 44.4 Å². The molecule has 150 valence electrons. The molecule has 3 heterocycles. The van der Waals surface area contributed by atoms with Crippen molar-refractivity contribution in [3.8, 4) is 0 Å². The van der Waals surface area contributed by atoms with Crippen LogP contribution in [-0.2, 0) is 11.2 Å². The molecule has 7 heteroatoms. The number of thioether (sulfide) groups is 1. The van der Waals surface area contributed by atoms with E-state index in [9.17, 15) is 4.79 Å². The van der Waals surface area contributed by atoms with E-state index in [1.54, 1.807) is 23.1 Å². The van der Waals surface area contributed by atoms with Gasteiger partial charge in [0, 0.05) is 30.4 Å². The highest BCUT2D eigenvalue weighted by molar-refractivity contribution is 8.00. The molecule has 0 radical (unpaired) electrons. The van der Waals surface area contributed by atoms with Crippen LogP contribution in [0.5, 0.6) is 0 Å². The Hall–Kier alpha value is -2.12. The second-order valence-corrected chi connectivity index (χ2v) is 9.80. The highest BCUT2D eigenvalue weighted by Gasteiger charge is 2.34. The quantitative estimate of drug-likeness (QED) is 0.515. The zero-order valence-corrected chi connectivity index (χ0v) is 17.9. The molecule has 2 fully saturated rings. The van der Waals surface area contributed by atoms with Crippen LogP contribution in [0.4, 0.5) is 0 Å². The Labute approximate surface area is 179 Å². The minimum Gasteiger partial charge on any atom is -0.341 e. The average Bonchev–Trinajstić information content (AvgIpc) is 3.17. The molecule has 1 amide bonds. The van der Waals surface area contributed by atoms with Gasteiger partial charge in [-0.1, -0.05) is 48.2 Å². The summed E-state index contributed by atoms with van der Waals surface area (Å²) in [6.07, 6.45) is 5.33. The molecule has 1 aliphatic carbocycles. The lowest BCUT2D eigenvalue weighted by atomic mass is 10.1. The van der Waals surface area contributed by atoms with Gasteiger partial charge >= 0.3 is 0 Å². The van der Waals surface area contributed by atoms with Crippen molar-refractivity contribution in [2.45, 2.75) is 48.6 Å². The SMILES string of the molecule is O=C([C@@H](Sc1nnc(Cc2cccs2)n1C1CC1)c1ccccc1)N1CCCC1. The fourth-order valence-corrected chi connectivity index (χ4v) is 5.79. The fraction of sp³-hybridized carbons (Fsp3) is 0.409. The van der Waals surface area contributed by atoms with E-state index in [0.29, 0.717) is 6.04 Å². The third-order valence-electron chi connectivity index (χ3n) is 5.53. The number of amides is 1. The van der Waals surface area contributed by atoms with Crippen LogP contribution in [0.25, 0.3) is 0 Å². The number of carbonyl (C=O) groups is 1. The first-order valence-corrected chi connectivity index (χ1v) is 12.0. The van der Waals surface area contributed by atoms with Gasteiger partial charge in [0.05, 0.1) is 0 Å². The van der Waals surface area contributed by atoms with E-state index in [1.807, 2.05) is 23.1 Å². The third kappa shape index (κ3) is 4.12. The van der Waals surface area contributed by atoms with Crippen molar-refractivity contribution < 1.29 is 4.79 Å². The minimum atomic E-state index is -0.273. The van der Waals surface area contributed by atoms with Crippen LogP contribution in [0, 0.1) is 0 Å². The van der Waals surface area contributed by atoms with Crippen LogP contribution < -0.4 is 0 Å². The molecule has 1 saturated heterocycles. The number of nitrogens with zero attached hydrogens (tertiary/aromatic N) is 4. The third-order valence-corrected chi connectivity index (χ3v) is 7.60. The second kappa shape index (κ2) is 8.32. The molecular formula is C22H24N4OS2. The summed E-state index contributed by atoms with van der Waals surface area (Å²) in [5.41, 5.74) is 1.04. The molecule has 1 saturated carbocycles. The molecule has 0 spiro atoms. The fourth-order valence-electron chi connectivity index (χ4n) is 3.87. The molecule has 1 atom stereocenters. The zero-order valence-electron chi connectivity index (χ0n) is 16.2. The predicted octanol–water partition coefficient (Wildman–Crippen LogP) is 4.72. The summed E-state index contributed by atoms with van der Waals surface area (Å²) in [5, 5.41) is 11.8.